The Balaban J connectivity index is 1.78. The van der Waals surface area contributed by atoms with Crippen molar-refractivity contribution >= 4 is 0 Å². The van der Waals surface area contributed by atoms with Crippen LogP contribution in [0.25, 0.3) is 0 Å². The maximum atomic E-state index is 5.64. The second kappa shape index (κ2) is 7.31. The van der Waals surface area contributed by atoms with E-state index in [1.807, 2.05) is 0 Å². The number of nitrogens with one attached hydrogen (secondary N) is 1. The third-order valence-electron chi connectivity index (χ3n) is 5.21. The average Bonchev–Trinajstić information content (AvgIpc) is 3.35. The van der Waals surface area contributed by atoms with Gasteiger partial charge < -0.3 is 10.1 Å². The van der Waals surface area contributed by atoms with Crippen LogP contribution in [-0.4, -0.2) is 19.7 Å². The lowest BCUT2D eigenvalue weighted by atomic mass is 9.81. The molecule has 1 unspecified atom stereocenters. The summed E-state index contributed by atoms with van der Waals surface area (Å²) in [4.78, 5) is 0. The zero-order valence-corrected chi connectivity index (χ0v) is 13.3. The van der Waals surface area contributed by atoms with Gasteiger partial charge in [0.15, 0.2) is 0 Å². The van der Waals surface area contributed by atoms with E-state index in [4.69, 9.17) is 4.74 Å². The first-order valence-electron chi connectivity index (χ1n) is 8.75. The number of benzene rings is 1. The van der Waals surface area contributed by atoms with Crippen LogP contribution in [0.5, 0.6) is 5.75 Å². The second-order valence-corrected chi connectivity index (χ2v) is 6.78. The molecule has 2 aliphatic carbocycles. The lowest BCUT2D eigenvalue weighted by molar-refractivity contribution is 0.343. The molecule has 3 rings (SSSR count). The van der Waals surface area contributed by atoms with E-state index in [0.29, 0.717) is 5.92 Å². The largest absolute Gasteiger partial charge is 0.496 e. The van der Waals surface area contributed by atoms with Crippen LogP contribution in [0.15, 0.2) is 24.3 Å². The van der Waals surface area contributed by atoms with Crippen LogP contribution < -0.4 is 10.1 Å². The lowest BCUT2D eigenvalue weighted by Crippen LogP contribution is -2.28. The number of methoxy groups -OCH3 is 1. The van der Waals surface area contributed by atoms with Crippen molar-refractivity contribution in [2.75, 3.05) is 13.7 Å². The number of hydrogen-bond donors (Lipinski definition) is 1. The van der Waals surface area contributed by atoms with Gasteiger partial charge in [-0.15, -0.1) is 0 Å². The van der Waals surface area contributed by atoms with Crippen LogP contribution in [0.1, 0.15) is 62.8 Å². The van der Waals surface area contributed by atoms with Crippen molar-refractivity contribution in [3.8, 4) is 5.75 Å². The van der Waals surface area contributed by atoms with E-state index >= 15 is 0 Å². The lowest BCUT2D eigenvalue weighted by Gasteiger charge is -2.28. The first kappa shape index (κ1) is 14.9. The van der Waals surface area contributed by atoms with Gasteiger partial charge in [-0.3, -0.25) is 0 Å². The zero-order valence-electron chi connectivity index (χ0n) is 13.3. The molecule has 1 aromatic carbocycles. The molecule has 0 saturated heterocycles. The van der Waals surface area contributed by atoms with Gasteiger partial charge in [0, 0.05) is 18.5 Å². The Labute approximate surface area is 129 Å². The third-order valence-corrected chi connectivity index (χ3v) is 5.21. The van der Waals surface area contributed by atoms with E-state index < -0.39 is 0 Å². The summed E-state index contributed by atoms with van der Waals surface area (Å²) in [6, 6.07) is 9.44. The van der Waals surface area contributed by atoms with Crippen molar-refractivity contribution in [2.45, 2.75) is 63.3 Å². The first-order chi connectivity index (χ1) is 10.4. The van der Waals surface area contributed by atoms with Crippen LogP contribution >= 0.6 is 0 Å². The quantitative estimate of drug-likeness (QED) is 0.778. The molecule has 1 N–H and O–H groups in total. The van der Waals surface area contributed by atoms with Gasteiger partial charge in [0.05, 0.1) is 7.11 Å². The Hall–Kier alpha value is -1.02. The molecule has 2 heteroatoms. The minimum Gasteiger partial charge on any atom is -0.496 e. The topological polar surface area (TPSA) is 21.3 Å². The summed E-state index contributed by atoms with van der Waals surface area (Å²) in [6.07, 6.45) is 11.1. The summed E-state index contributed by atoms with van der Waals surface area (Å²) in [6.45, 7) is 1.12. The third kappa shape index (κ3) is 4.00. The SMILES string of the molecule is COc1ccccc1C(CNC1CC1)C1CCCCCC1. The molecule has 0 aromatic heterocycles. The van der Waals surface area contributed by atoms with Gasteiger partial charge in [0.2, 0.25) is 0 Å². The van der Waals surface area contributed by atoms with E-state index in [1.54, 1.807) is 7.11 Å². The van der Waals surface area contributed by atoms with Gasteiger partial charge in [0.1, 0.15) is 5.75 Å². The minimum absolute atomic E-state index is 0.611. The van der Waals surface area contributed by atoms with Gasteiger partial charge in [-0.2, -0.15) is 0 Å². The summed E-state index contributed by atoms with van der Waals surface area (Å²) in [5.74, 6) is 2.50. The molecule has 0 heterocycles. The zero-order chi connectivity index (χ0) is 14.5. The normalized spacial score (nSPS) is 21.8. The van der Waals surface area contributed by atoms with E-state index in [-0.39, 0.29) is 0 Å². The van der Waals surface area contributed by atoms with Gasteiger partial charge in [-0.1, -0.05) is 43.9 Å². The smallest absolute Gasteiger partial charge is 0.122 e. The van der Waals surface area contributed by atoms with Crippen LogP contribution in [0, 0.1) is 5.92 Å². The molecular formula is C19H29NO. The molecule has 2 saturated carbocycles. The van der Waals surface area contributed by atoms with Crippen LogP contribution in [-0.2, 0) is 0 Å². The molecule has 1 atom stereocenters. The van der Waals surface area contributed by atoms with E-state index in [0.717, 1.165) is 24.3 Å². The second-order valence-electron chi connectivity index (χ2n) is 6.78. The number of para-hydroxylation sites is 1. The Kier molecular flexibility index (Phi) is 5.18. The van der Waals surface area contributed by atoms with Gasteiger partial charge >= 0.3 is 0 Å². The molecule has 0 radical (unpaired) electrons. The van der Waals surface area contributed by atoms with Gasteiger partial charge in [0.25, 0.3) is 0 Å². The summed E-state index contributed by atoms with van der Waals surface area (Å²) in [7, 11) is 1.80. The molecule has 2 nitrogen and oxygen atoms in total. The fourth-order valence-electron chi connectivity index (χ4n) is 3.80. The molecule has 0 amide bonds. The van der Waals surface area contributed by atoms with E-state index in [9.17, 15) is 0 Å². The Morgan fingerprint density at radius 2 is 1.76 bits per heavy atom. The molecule has 2 aliphatic rings. The standard InChI is InChI=1S/C19H29NO/c1-21-19-11-7-6-10-17(19)18(14-20-16-12-13-16)15-8-4-2-3-5-9-15/h6-7,10-11,15-16,18,20H,2-5,8-9,12-14H2,1H3. The van der Waals surface area contributed by atoms with Crippen molar-refractivity contribution in [2.24, 2.45) is 5.92 Å². The minimum atomic E-state index is 0.611. The van der Waals surface area contributed by atoms with Crippen molar-refractivity contribution in [1.82, 2.24) is 5.32 Å². The average molecular weight is 287 g/mol. The summed E-state index contributed by atoms with van der Waals surface area (Å²) >= 11 is 0. The number of ether oxygens (including phenoxy) is 1. The van der Waals surface area contributed by atoms with E-state index in [1.165, 1.54) is 56.9 Å². The molecule has 0 aliphatic heterocycles. The maximum absolute atomic E-state index is 5.64. The molecule has 116 valence electrons. The molecule has 0 spiro atoms. The monoisotopic (exact) mass is 287 g/mol. The fraction of sp³-hybridized carbons (Fsp3) is 0.684. The van der Waals surface area contributed by atoms with Crippen molar-refractivity contribution < 1.29 is 4.74 Å². The predicted octanol–water partition coefficient (Wildman–Crippen LogP) is 4.50. The van der Waals surface area contributed by atoms with Crippen molar-refractivity contribution in [3.63, 3.8) is 0 Å². The Morgan fingerprint density at radius 1 is 1.05 bits per heavy atom. The highest BCUT2D eigenvalue weighted by Gasteiger charge is 2.29. The van der Waals surface area contributed by atoms with Crippen molar-refractivity contribution in [1.29, 1.82) is 0 Å². The fourth-order valence-corrected chi connectivity index (χ4v) is 3.80. The number of hydrogen-bond acceptors (Lipinski definition) is 2. The molecule has 21 heavy (non-hydrogen) atoms. The summed E-state index contributed by atoms with van der Waals surface area (Å²) < 4.78 is 5.64. The van der Waals surface area contributed by atoms with Crippen LogP contribution in [0.3, 0.4) is 0 Å². The molecule has 0 bridgehead atoms. The highest BCUT2D eigenvalue weighted by molar-refractivity contribution is 5.37. The molecule has 1 aromatic rings. The Bertz CT molecular complexity index is 433. The number of rotatable bonds is 6. The maximum Gasteiger partial charge on any atom is 0.122 e. The highest BCUT2D eigenvalue weighted by Crippen LogP contribution is 2.39. The Morgan fingerprint density at radius 3 is 2.43 bits per heavy atom. The molecule has 2 fully saturated rings. The highest BCUT2D eigenvalue weighted by atomic mass is 16.5. The van der Waals surface area contributed by atoms with Crippen LogP contribution in [0.2, 0.25) is 0 Å². The summed E-state index contributed by atoms with van der Waals surface area (Å²) in [5, 5.41) is 3.77. The van der Waals surface area contributed by atoms with Gasteiger partial charge in [-0.05, 0) is 43.2 Å². The van der Waals surface area contributed by atoms with Crippen molar-refractivity contribution in [3.05, 3.63) is 29.8 Å². The van der Waals surface area contributed by atoms with Crippen LogP contribution in [0.4, 0.5) is 0 Å². The molecular weight excluding hydrogens is 258 g/mol. The summed E-state index contributed by atoms with van der Waals surface area (Å²) in [5.41, 5.74) is 1.42. The van der Waals surface area contributed by atoms with E-state index in [2.05, 4.69) is 29.6 Å². The predicted molar refractivity (Wildman–Crippen MR) is 88.0 cm³/mol. The van der Waals surface area contributed by atoms with Gasteiger partial charge in [-0.25, -0.2) is 0 Å². The first-order valence-corrected chi connectivity index (χ1v) is 8.75.